The minimum absolute atomic E-state index is 0.137. The number of benzene rings is 7. The van der Waals surface area contributed by atoms with Gasteiger partial charge < -0.3 is 4.57 Å². The highest BCUT2D eigenvalue weighted by Crippen LogP contribution is 2.53. The maximum absolute atomic E-state index is 9.91. The Kier molecular flexibility index (Phi) is 7.22. The molecule has 0 unspecified atom stereocenters. The van der Waals surface area contributed by atoms with Crippen LogP contribution in [0.5, 0.6) is 0 Å². The van der Waals surface area contributed by atoms with E-state index in [9.17, 15) is 5.26 Å². The van der Waals surface area contributed by atoms with Gasteiger partial charge in [0.15, 0.2) is 0 Å². The number of pyridine rings is 1. The molecule has 0 saturated carbocycles. The predicted molar refractivity (Wildman–Crippen MR) is 223 cm³/mol. The molecule has 2 aromatic heterocycles. The maximum atomic E-state index is 9.91. The zero-order chi connectivity index (χ0) is 36.4. The Bertz CT molecular complexity index is 2900. The second-order valence-corrected chi connectivity index (χ2v) is 14.7. The largest absolute Gasteiger partial charge is 0.309 e. The van der Waals surface area contributed by atoms with Crippen LogP contribution in [0.15, 0.2) is 176 Å². The van der Waals surface area contributed by atoms with Crippen molar-refractivity contribution in [2.75, 3.05) is 0 Å². The molecule has 9 aromatic rings. The van der Waals surface area contributed by atoms with Gasteiger partial charge in [-0.15, -0.1) is 0 Å². The standard InChI is InChI=1S/C51H35N3/c1-51(2)44-22-11-9-21-43(44)49-45(51)25-24-42-41-20-10-12-23-48(41)54(50(42)49)40-28-37(36-19-13-14-33(26-36)32-52)27-39(29-40)47-31-38(34-15-5-3-6-16-34)30-46(53-47)35-17-7-4-8-18-35/h3-31H,1-2H3. The normalized spacial score (nSPS) is 12.8. The van der Waals surface area contributed by atoms with E-state index in [2.05, 4.69) is 176 Å². The van der Waals surface area contributed by atoms with Crippen LogP contribution in [0.25, 0.3) is 83.4 Å². The molecule has 2 heterocycles. The van der Waals surface area contributed by atoms with Crippen LogP contribution in [-0.2, 0) is 5.41 Å². The maximum Gasteiger partial charge on any atom is 0.0991 e. The van der Waals surface area contributed by atoms with Gasteiger partial charge in [-0.2, -0.15) is 5.26 Å². The second-order valence-electron chi connectivity index (χ2n) is 14.7. The third-order valence-corrected chi connectivity index (χ3v) is 11.2. The Hall–Kier alpha value is -7.02. The third-order valence-electron chi connectivity index (χ3n) is 11.2. The summed E-state index contributed by atoms with van der Waals surface area (Å²) in [5, 5.41) is 12.4. The van der Waals surface area contributed by atoms with Crippen LogP contribution in [0.3, 0.4) is 0 Å². The van der Waals surface area contributed by atoms with Crippen LogP contribution >= 0.6 is 0 Å². The van der Waals surface area contributed by atoms with Gasteiger partial charge in [0.1, 0.15) is 0 Å². The average Bonchev–Trinajstić information content (AvgIpc) is 3.70. The summed E-state index contributed by atoms with van der Waals surface area (Å²) in [7, 11) is 0. The number of nitrogens with zero attached hydrogens (tertiary/aromatic N) is 3. The fraction of sp³-hybridized carbons (Fsp3) is 0.0588. The van der Waals surface area contributed by atoms with E-state index in [0.717, 1.165) is 56.0 Å². The molecule has 0 atom stereocenters. The average molecular weight is 690 g/mol. The zero-order valence-corrected chi connectivity index (χ0v) is 30.1. The van der Waals surface area contributed by atoms with Gasteiger partial charge in [-0.3, -0.25) is 0 Å². The molecule has 0 bridgehead atoms. The van der Waals surface area contributed by atoms with Crippen molar-refractivity contribution in [2.24, 2.45) is 0 Å². The minimum atomic E-state index is -0.137. The van der Waals surface area contributed by atoms with Gasteiger partial charge in [-0.05, 0) is 87.5 Å². The lowest BCUT2D eigenvalue weighted by atomic mass is 9.82. The Labute approximate surface area is 315 Å². The molecule has 0 N–H and O–H groups in total. The summed E-state index contributed by atoms with van der Waals surface area (Å²) in [6, 6.07) is 64.6. The monoisotopic (exact) mass is 689 g/mol. The molecule has 0 amide bonds. The summed E-state index contributed by atoms with van der Waals surface area (Å²) in [5.74, 6) is 0. The van der Waals surface area contributed by atoms with E-state index < -0.39 is 0 Å². The van der Waals surface area contributed by atoms with Crippen molar-refractivity contribution in [3.8, 4) is 67.7 Å². The molecular weight excluding hydrogens is 655 g/mol. The van der Waals surface area contributed by atoms with E-state index in [1.165, 1.54) is 38.5 Å². The highest BCUT2D eigenvalue weighted by Gasteiger charge is 2.37. The van der Waals surface area contributed by atoms with Crippen LogP contribution in [0.4, 0.5) is 0 Å². The summed E-state index contributed by atoms with van der Waals surface area (Å²) in [6.45, 7) is 4.68. The molecule has 1 aliphatic rings. The zero-order valence-electron chi connectivity index (χ0n) is 30.1. The molecule has 10 rings (SSSR count). The predicted octanol–water partition coefficient (Wildman–Crippen LogP) is 13.0. The van der Waals surface area contributed by atoms with Crippen LogP contribution in [0, 0.1) is 11.3 Å². The molecule has 1 aliphatic carbocycles. The molecule has 254 valence electrons. The molecule has 3 nitrogen and oxygen atoms in total. The smallest absolute Gasteiger partial charge is 0.0991 e. The molecule has 0 aliphatic heterocycles. The van der Waals surface area contributed by atoms with Crippen LogP contribution in [0.2, 0.25) is 0 Å². The van der Waals surface area contributed by atoms with Gasteiger partial charge in [0.05, 0.1) is 34.1 Å². The SMILES string of the molecule is CC1(C)c2ccccc2-c2c1ccc1c3ccccc3n(-c3cc(-c4cccc(C#N)c4)cc(-c4cc(-c5ccccc5)cc(-c5ccccc5)n4)c3)c21. The second kappa shape index (κ2) is 12.3. The first-order valence-corrected chi connectivity index (χ1v) is 18.4. The summed E-state index contributed by atoms with van der Waals surface area (Å²) in [4.78, 5) is 5.36. The van der Waals surface area contributed by atoms with Crippen molar-refractivity contribution < 1.29 is 0 Å². The number of hydrogen-bond acceptors (Lipinski definition) is 2. The van der Waals surface area contributed by atoms with Gasteiger partial charge in [-0.1, -0.05) is 141 Å². The molecule has 0 radical (unpaired) electrons. The van der Waals surface area contributed by atoms with Crippen molar-refractivity contribution in [1.29, 1.82) is 5.26 Å². The number of nitriles is 1. The van der Waals surface area contributed by atoms with Gasteiger partial charge >= 0.3 is 0 Å². The Morgan fingerprint density at radius 2 is 1.15 bits per heavy atom. The van der Waals surface area contributed by atoms with Gasteiger partial charge in [0, 0.05) is 38.6 Å². The van der Waals surface area contributed by atoms with E-state index in [0.29, 0.717) is 5.56 Å². The van der Waals surface area contributed by atoms with Crippen LogP contribution < -0.4 is 0 Å². The van der Waals surface area contributed by atoms with Crippen molar-refractivity contribution in [3.63, 3.8) is 0 Å². The van der Waals surface area contributed by atoms with E-state index in [1.807, 2.05) is 24.3 Å². The van der Waals surface area contributed by atoms with Crippen LogP contribution in [0.1, 0.15) is 30.5 Å². The summed E-state index contributed by atoms with van der Waals surface area (Å²) in [6.07, 6.45) is 0. The molecule has 0 fully saturated rings. The molecule has 54 heavy (non-hydrogen) atoms. The topological polar surface area (TPSA) is 41.6 Å². The highest BCUT2D eigenvalue weighted by molar-refractivity contribution is 6.15. The fourth-order valence-electron chi connectivity index (χ4n) is 8.57. The van der Waals surface area contributed by atoms with Gasteiger partial charge in [-0.25, -0.2) is 4.98 Å². The number of hydrogen-bond donors (Lipinski definition) is 0. The molecule has 3 heteroatoms. The van der Waals surface area contributed by atoms with Crippen molar-refractivity contribution in [1.82, 2.24) is 9.55 Å². The minimum Gasteiger partial charge on any atom is -0.309 e. The number of para-hydroxylation sites is 1. The first kappa shape index (κ1) is 31.7. The Morgan fingerprint density at radius 1 is 0.500 bits per heavy atom. The fourth-order valence-corrected chi connectivity index (χ4v) is 8.57. The van der Waals surface area contributed by atoms with Gasteiger partial charge in [0.25, 0.3) is 0 Å². The van der Waals surface area contributed by atoms with E-state index >= 15 is 0 Å². The summed E-state index contributed by atoms with van der Waals surface area (Å²) < 4.78 is 2.46. The lowest BCUT2D eigenvalue weighted by molar-refractivity contribution is 0.661. The molecular formula is C51H35N3. The van der Waals surface area contributed by atoms with Crippen molar-refractivity contribution in [3.05, 3.63) is 193 Å². The quantitative estimate of drug-likeness (QED) is 0.180. The lowest BCUT2D eigenvalue weighted by Gasteiger charge is -2.21. The van der Waals surface area contributed by atoms with Crippen molar-refractivity contribution in [2.45, 2.75) is 19.3 Å². The number of fused-ring (bicyclic) bond motifs is 7. The lowest BCUT2D eigenvalue weighted by Crippen LogP contribution is -2.14. The third kappa shape index (κ3) is 4.99. The highest BCUT2D eigenvalue weighted by atomic mass is 15.0. The molecule has 7 aromatic carbocycles. The number of rotatable bonds is 5. The Balaban J connectivity index is 1.31. The van der Waals surface area contributed by atoms with Crippen LogP contribution in [-0.4, -0.2) is 9.55 Å². The molecule has 0 spiro atoms. The van der Waals surface area contributed by atoms with E-state index in [4.69, 9.17) is 4.98 Å². The molecule has 0 saturated heterocycles. The van der Waals surface area contributed by atoms with E-state index in [1.54, 1.807) is 0 Å². The Morgan fingerprint density at radius 3 is 1.94 bits per heavy atom. The summed E-state index contributed by atoms with van der Waals surface area (Å²) >= 11 is 0. The van der Waals surface area contributed by atoms with E-state index in [-0.39, 0.29) is 5.41 Å². The first-order valence-electron chi connectivity index (χ1n) is 18.4. The van der Waals surface area contributed by atoms with Gasteiger partial charge in [0.2, 0.25) is 0 Å². The number of aromatic nitrogens is 2. The summed E-state index contributed by atoms with van der Waals surface area (Å²) in [5.41, 5.74) is 17.2. The van der Waals surface area contributed by atoms with Crippen molar-refractivity contribution >= 4 is 21.8 Å². The first-order chi connectivity index (χ1) is 26.5.